The fourth-order valence-electron chi connectivity index (χ4n) is 2.93. The molecular formula is C19H23BrFN3O3S. The maximum Gasteiger partial charge on any atom is 0.410 e. The highest BCUT2D eigenvalue weighted by Crippen LogP contribution is 2.41. The van der Waals surface area contributed by atoms with Crippen molar-refractivity contribution in [2.75, 3.05) is 25.0 Å². The monoisotopic (exact) mass is 471 g/mol. The minimum atomic E-state index is -1.59. The minimum absolute atomic E-state index is 0.0350. The standard InChI is InChI=1S/C19H23BrFN3O3S/c1-18(2,3)27-17(25)24-8-19(21,9-24)10-26-14-12(20)6-7-13-15(14)28-16(23-13)22-11-4-5-11/h6-7,11H,4-5,8-10H2,1-3H3,(H,22,23). The van der Waals surface area contributed by atoms with Gasteiger partial charge < -0.3 is 19.7 Å². The first kappa shape index (κ1) is 19.7. The topological polar surface area (TPSA) is 63.7 Å². The van der Waals surface area contributed by atoms with Crippen LogP contribution in [-0.4, -0.2) is 53.0 Å². The number of thiazole rings is 1. The van der Waals surface area contributed by atoms with Crippen LogP contribution in [-0.2, 0) is 4.74 Å². The van der Waals surface area contributed by atoms with Crippen molar-refractivity contribution in [3.63, 3.8) is 0 Å². The molecule has 0 atom stereocenters. The Morgan fingerprint density at radius 1 is 1.43 bits per heavy atom. The Bertz CT molecular complexity index is 904. The predicted molar refractivity (Wildman–Crippen MR) is 111 cm³/mol. The van der Waals surface area contributed by atoms with Crippen LogP contribution >= 0.6 is 27.3 Å². The average molecular weight is 472 g/mol. The van der Waals surface area contributed by atoms with Crippen LogP contribution in [0.3, 0.4) is 0 Å². The van der Waals surface area contributed by atoms with E-state index in [-0.39, 0.29) is 19.7 Å². The Kier molecular flexibility index (Phi) is 4.94. The molecule has 1 aromatic heterocycles. The Hall–Kier alpha value is -1.61. The highest BCUT2D eigenvalue weighted by Gasteiger charge is 2.48. The number of carbonyl (C=O) groups excluding carboxylic acids is 1. The van der Waals surface area contributed by atoms with Gasteiger partial charge in [-0.15, -0.1) is 0 Å². The maximum atomic E-state index is 14.9. The molecule has 2 aliphatic rings. The van der Waals surface area contributed by atoms with Crippen LogP contribution in [0.4, 0.5) is 14.3 Å². The van der Waals surface area contributed by atoms with Crippen molar-refractivity contribution in [2.45, 2.75) is 50.9 Å². The van der Waals surface area contributed by atoms with Crippen LogP contribution in [0.25, 0.3) is 10.2 Å². The van der Waals surface area contributed by atoms with E-state index in [1.165, 1.54) is 29.1 Å². The molecule has 1 saturated heterocycles. The lowest BCUT2D eigenvalue weighted by molar-refractivity contribution is -0.0684. The lowest BCUT2D eigenvalue weighted by Crippen LogP contribution is -2.64. The molecule has 1 N–H and O–H groups in total. The second-order valence-corrected chi connectivity index (χ2v) is 10.3. The molecule has 9 heteroatoms. The van der Waals surface area contributed by atoms with E-state index in [0.29, 0.717) is 11.8 Å². The number of hydrogen-bond donors (Lipinski definition) is 1. The van der Waals surface area contributed by atoms with Crippen molar-refractivity contribution in [3.05, 3.63) is 16.6 Å². The minimum Gasteiger partial charge on any atom is -0.487 e. The Morgan fingerprint density at radius 3 is 2.79 bits per heavy atom. The van der Waals surface area contributed by atoms with E-state index in [4.69, 9.17) is 9.47 Å². The number of alkyl halides is 1. The van der Waals surface area contributed by atoms with Gasteiger partial charge in [-0.05, 0) is 61.7 Å². The third-order valence-corrected chi connectivity index (χ3v) is 6.07. The zero-order valence-corrected chi connectivity index (χ0v) is 18.5. The zero-order valence-electron chi connectivity index (χ0n) is 16.1. The number of likely N-dealkylation sites (tertiary alicyclic amines) is 1. The molecule has 2 heterocycles. The van der Waals surface area contributed by atoms with Crippen LogP contribution in [0.15, 0.2) is 16.6 Å². The number of fused-ring (bicyclic) bond motifs is 1. The summed E-state index contributed by atoms with van der Waals surface area (Å²) in [5, 5.41) is 4.24. The number of nitrogens with one attached hydrogen (secondary N) is 1. The van der Waals surface area contributed by atoms with E-state index >= 15 is 0 Å². The molecule has 1 amide bonds. The molecule has 0 radical (unpaired) electrons. The van der Waals surface area contributed by atoms with Crippen molar-refractivity contribution in [1.29, 1.82) is 0 Å². The van der Waals surface area contributed by atoms with Gasteiger partial charge in [0.05, 0.1) is 27.8 Å². The van der Waals surface area contributed by atoms with Gasteiger partial charge in [-0.25, -0.2) is 14.2 Å². The number of hydrogen-bond acceptors (Lipinski definition) is 6. The highest BCUT2D eigenvalue weighted by molar-refractivity contribution is 9.10. The second-order valence-electron chi connectivity index (χ2n) is 8.44. The molecule has 0 spiro atoms. The van der Waals surface area contributed by atoms with Gasteiger partial charge in [0.25, 0.3) is 0 Å². The number of amides is 1. The SMILES string of the molecule is CC(C)(C)OC(=O)N1CC(F)(COc2c(Br)ccc3nc(NC4CC4)sc23)C1. The fraction of sp³-hybridized carbons (Fsp3) is 0.579. The van der Waals surface area contributed by atoms with Crippen LogP contribution in [0.2, 0.25) is 0 Å². The van der Waals surface area contributed by atoms with E-state index in [0.717, 1.165) is 19.8 Å². The van der Waals surface area contributed by atoms with Crippen LogP contribution in [0, 0.1) is 0 Å². The lowest BCUT2D eigenvalue weighted by atomic mass is 9.98. The van der Waals surface area contributed by atoms with Gasteiger partial charge in [-0.3, -0.25) is 0 Å². The third-order valence-electron chi connectivity index (χ3n) is 4.44. The number of benzene rings is 1. The molecule has 1 aliphatic carbocycles. The summed E-state index contributed by atoms with van der Waals surface area (Å²) in [7, 11) is 0. The molecule has 1 aromatic carbocycles. The zero-order chi connectivity index (χ0) is 20.1. The normalized spacial score (nSPS) is 18.7. The Morgan fingerprint density at radius 2 is 2.14 bits per heavy atom. The van der Waals surface area contributed by atoms with Crippen LogP contribution < -0.4 is 10.1 Å². The average Bonchev–Trinajstić information content (AvgIpc) is 3.27. The highest BCUT2D eigenvalue weighted by atomic mass is 79.9. The van der Waals surface area contributed by atoms with Crippen molar-refractivity contribution < 1.29 is 18.7 Å². The van der Waals surface area contributed by atoms with Crippen molar-refractivity contribution >= 4 is 48.7 Å². The first-order valence-electron chi connectivity index (χ1n) is 9.27. The predicted octanol–water partition coefficient (Wildman–Crippen LogP) is 4.97. The number of nitrogens with zero attached hydrogens (tertiary/aromatic N) is 2. The molecule has 152 valence electrons. The number of anilines is 1. The molecular weight excluding hydrogens is 449 g/mol. The first-order chi connectivity index (χ1) is 13.1. The van der Waals surface area contributed by atoms with Gasteiger partial charge in [0.1, 0.15) is 12.2 Å². The fourth-order valence-corrected chi connectivity index (χ4v) is 4.55. The van der Waals surface area contributed by atoms with Crippen molar-refractivity contribution in [1.82, 2.24) is 9.88 Å². The van der Waals surface area contributed by atoms with Gasteiger partial charge in [-0.2, -0.15) is 0 Å². The molecule has 1 aliphatic heterocycles. The molecule has 0 unspecified atom stereocenters. The summed E-state index contributed by atoms with van der Waals surface area (Å²) in [4.78, 5) is 17.9. The molecule has 0 bridgehead atoms. The number of halogens is 2. The molecule has 1 saturated carbocycles. The summed E-state index contributed by atoms with van der Waals surface area (Å²) in [6, 6.07) is 4.28. The number of aromatic nitrogens is 1. The summed E-state index contributed by atoms with van der Waals surface area (Å²) in [6.07, 6.45) is 1.84. The molecule has 2 aromatic rings. The summed E-state index contributed by atoms with van der Waals surface area (Å²) < 4.78 is 27.7. The lowest BCUT2D eigenvalue weighted by Gasteiger charge is -2.43. The summed E-state index contributed by atoms with van der Waals surface area (Å²) in [5.74, 6) is 0.589. The quantitative estimate of drug-likeness (QED) is 0.666. The van der Waals surface area contributed by atoms with Gasteiger partial charge >= 0.3 is 6.09 Å². The van der Waals surface area contributed by atoms with Crippen LogP contribution in [0.1, 0.15) is 33.6 Å². The second kappa shape index (κ2) is 7.02. The van der Waals surface area contributed by atoms with Gasteiger partial charge in [-0.1, -0.05) is 11.3 Å². The van der Waals surface area contributed by atoms with E-state index in [1.54, 1.807) is 20.8 Å². The van der Waals surface area contributed by atoms with E-state index in [9.17, 15) is 9.18 Å². The third kappa shape index (κ3) is 4.35. The molecule has 4 rings (SSSR count). The summed E-state index contributed by atoms with van der Waals surface area (Å²) in [6.45, 7) is 5.16. The maximum absolute atomic E-state index is 14.9. The van der Waals surface area contributed by atoms with E-state index in [1.807, 2.05) is 12.1 Å². The summed E-state index contributed by atoms with van der Waals surface area (Å²) in [5.41, 5.74) is -1.36. The summed E-state index contributed by atoms with van der Waals surface area (Å²) >= 11 is 5.00. The van der Waals surface area contributed by atoms with Gasteiger partial charge in [0, 0.05) is 6.04 Å². The Balaban J connectivity index is 1.41. The van der Waals surface area contributed by atoms with Crippen LogP contribution in [0.5, 0.6) is 5.75 Å². The van der Waals surface area contributed by atoms with Crippen molar-refractivity contribution in [3.8, 4) is 5.75 Å². The molecule has 2 fully saturated rings. The largest absolute Gasteiger partial charge is 0.487 e. The van der Waals surface area contributed by atoms with E-state index < -0.39 is 17.4 Å². The number of rotatable bonds is 5. The number of ether oxygens (including phenoxy) is 2. The number of carbonyl (C=O) groups is 1. The molecule has 6 nitrogen and oxygen atoms in total. The van der Waals surface area contributed by atoms with Crippen molar-refractivity contribution in [2.24, 2.45) is 0 Å². The van der Waals surface area contributed by atoms with Gasteiger partial charge in [0.2, 0.25) is 0 Å². The Labute approximate surface area is 175 Å². The van der Waals surface area contributed by atoms with E-state index in [2.05, 4.69) is 26.2 Å². The van der Waals surface area contributed by atoms with Gasteiger partial charge in [0.15, 0.2) is 16.5 Å². The molecule has 28 heavy (non-hydrogen) atoms. The smallest absolute Gasteiger partial charge is 0.410 e. The first-order valence-corrected chi connectivity index (χ1v) is 10.9.